The van der Waals surface area contributed by atoms with Gasteiger partial charge in [-0.25, -0.2) is 4.79 Å². The molecule has 0 saturated carbocycles. The van der Waals surface area contributed by atoms with Crippen molar-refractivity contribution in [1.82, 2.24) is 10.2 Å². The Hall–Kier alpha value is -1.49. The van der Waals surface area contributed by atoms with E-state index in [1.165, 1.54) is 5.56 Å². The number of ether oxygens (including phenoxy) is 1. The van der Waals surface area contributed by atoms with E-state index in [9.17, 15) is 4.79 Å². The zero-order valence-corrected chi connectivity index (χ0v) is 13.9. The van der Waals surface area contributed by atoms with Gasteiger partial charge in [0.25, 0.3) is 0 Å². The SMILES string of the molecule is CC(C)(C)OC(=O)N1CCCC1C1(C)NCCc2occc21. The number of hydrogen-bond donors (Lipinski definition) is 1. The van der Waals surface area contributed by atoms with Gasteiger partial charge in [-0.2, -0.15) is 0 Å². The third-order valence-corrected chi connectivity index (χ3v) is 4.70. The Morgan fingerprint density at radius 1 is 1.50 bits per heavy atom. The second kappa shape index (κ2) is 5.30. The summed E-state index contributed by atoms with van der Waals surface area (Å²) < 4.78 is 11.2. The molecule has 1 saturated heterocycles. The number of hydrogen-bond acceptors (Lipinski definition) is 4. The highest BCUT2D eigenvalue weighted by molar-refractivity contribution is 5.69. The van der Waals surface area contributed by atoms with Gasteiger partial charge in [0.1, 0.15) is 11.4 Å². The molecule has 2 aliphatic heterocycles. The quantitative estimate of drug-likeness (QED) is 0.866. The highest BCUT2D eigenvalue weighted by Crippen LogP contribution is 2.39. The molecule has 1 fully saturated rings. The van der Waals surface area contributed by atoms with Crippen LogP contribution in [0, 0.1) is 0 Å². The number of likely N-dealkylation sites (tertiary alicyclic amines) is 1. The maximum absolute atomic E-state index is 12.6. The zero-order chi connectivity index (χ0) is 16.0. The van der Waals surface area contributed by atoms with Gasteiger partial charge in [-0.3, -0.25) is 0 Å². The minimum atomic E-state index is -0.466. The van der Waals surface area contributed by atoms with Crippen molar-refractivity contribution in [3.05, 3.63) is 23.7 Å². The molecule has 0 aliphatic carbocycles. The summed E-state index contributed by atoms with van der Waals surface area (Å²) in [5, 5.41) is 3.62. The molecule has 1 N–H and O–H groups in total. The van der Waals surface area contributed by atoms with Gasteiger partial charge < -0.3 is 19.4 Å². The van der Waals surface area contributed by atoms with E-state index in [0.717, 1.165) is 38.1 Å². The maximum Gasteiger partial charge on any atom is 0.410 e. The fourth-order valence-electron chi connectivity index (χ4n) is 3.73. The predicted octanol–water partition coefficient (Wildman–Crippen LogP) is 3.04. The van der Waals surface area contributed by atoms with Crippen LogP contribution in [0.1, 0.15) is 51.9 Å². The maximum atomic E-state index is 12.6. The Morgan fingerprint density at radius 3 is 3.00 bits per heavy atom. The first-order valence-electron chi connectivity index (χ1n) is 8.13. The number of amides is 1. The van der Waals surface area contributed by atoms with Gasteiger partial charge >= 0.3 is 6.09 Å². The lowest BCUT2D eigenvalue weighted by atomic mass is 9.80. The van der Waals surface area contributed by atoms with Crippen LogP contribution in [0.3, 0.4) is 0 Å². The monoisotopic (exact) mass is 306 g/mol. The van der Waals surface area contributed by atoms with E-state index in [1.807, 2.05) is 31.7 Å². The van der Waals surface area contributed by atoms with Gasteiger partial charge in [-0.05, 0) is 46.6 Å². The molecule has 2 unspecified atom stereocenters. The van der Waals surface area contributed by atoms with E-state index in [4.69, 9.17) is 9.15 Å². The summed E-state index contributed by atoms with van der Waals surface area (Å²) in [6.45, 7) is 9.52. The molecule has 122 valence electrons. The van der Waals surface area contributed by atoms with Crippen molar-refractivity contribution in [1.29, 1.82) is 0 Å². The normalized spacial score (nSPS) is 28.5. The Morgan fingerprint density at radius 2 is 2.27 bits per heavy atom. The number of carbonyl (C=O) groups excluding carboxylic acids is 1. The molecule has 5 heteroatoms. The van der Waals surface area contributed by atoms with E-state index in [-0.39, 0.29) is 17.7 Å². The van der Waals surface area contributed by atoms with Crippen molar-refractivity contribution in [2.75, 3.05) is 13.1 Å². The molecule has 5 nitrogen and oxygen atoms in total. The minimum absolute atomic E-state index is 0.0963. The van der Waals surface area contributed by atoms with Gasteiger partial charge in [0, 0.05) is 25.1 Å². The zero-order valence-electron chi connectivity index (χ0n) is 13.9. The molecule has 2 aliphatic rings. The molecule has 3 heterocycles. The molecule has 0 radical (unpaired) electrons. The lowest BCUT2D eigenvalue weighted by Crippen LogP contribution is -2.58. The summed E-state index contributed by atoms with van der Waals surface area (Å²) in [7, 11) is 0. The van der Waals surface area contributed by atoms with Crippen LogP contribution in [0.5, 0.6) is 0 Å². The summed E-state index contributed by atoms with van der Waals surface area (Å²) in [5.41, 5.74) is 0.444. The molecule has 1 amide bonds. The standard InChI is InChI=1S/C17H26N2O3/c1-16(2,3)22-15(20)19-10-5-6-14(19)17(4)12-8-11-21-13(12)7-9-18-17/h8,11,14,18H,5-7,9-10H2,1-4H3. The molecule has 3 rings (SSSR count). The molecule has 2 atom stereocenters. The van der Waals surface area contributed by atoms with Crippen molar-refractivity contribution in [3.63, 3.8) is 0 Å². The van der Waals surface area contributed by atoms with Crippen molar-refractivity contribution >= 4 is 6.09 Å². The van der Waals surface area contributed by atoms with Crippen LogP contribution in [-0.2, 0) is 16.7 Å². The van der Waals surface area contributed by atoms with E-state index in [2.05, 4.69) is 12.2 Å². The first kappa shape index (κ1) is 15.4. The number of nitrogens with zero attached hydrogens (tertiary/aromatic N) is 1. The van der Waals surface area contributed by atoms with Crippen molar-refractivity contribution in [2.45, 2.75) is 64.1 Å². The predicted molar refractivity (Wildman–Crippen MR) is 83.7 cm³/mol. The fraction of sp³-hybridized carbons (Fsp3) is 0.706. The molecular formula is C17H26N2O3. The lowest BCUT2D eigenvalue weighted by molar-refractivity contribution is 0.0126. The molecule has 22 heavy (non-hydrogen) atoms. The van der Waals surface area contributed by atoms with Gasteiger partial charge in [0.05, 0.1) is 17.8 Å². The summed E-state index contributed by atoms with van der Waals surface area (Å²) >= 11 is 0. The second-order valence-corrected chi connectivity index (χ2v) is 7.47. The van der Waals surface area contributed by atoms with Crippen molar-refractivity contribution < 1.29 is 13.9 Å². The van der Waals surface area contributed by atoms with Crippen molar-refractivity contribution in [2.24, 2.45) is 0 Å². The van der Waals surface area contributed by atoms with E-state index in [1.54, 1.807) is 6.26 Å². The van der Waals surface area contributed by atoms with Gasteiger partial charge in [0.2, 0.25) is 0 Å². The van der Waals surface area contributed by atoms with E-state index in [0.29, 0.717) is 0 Å². The average molecular weight is 306 g/mol. The Balaban J connectivity index is 1.86. The highest BCUT2D eigenvalue weighted by atomic mass is 16.6. The molecule has 1 aromatic rings. The fourth-order valence-corrected chi connectivity index (χ4v) is 3.73. The third kappa shape index (κ3) is 2.62. The number of fused-ring (bicyclic) bond motifs is 1. The first-order valence-corrected chi connectivity index (χ1v) is 8.13. The van der Waals surface area contributed by atoms with Crippen LogP contribution in [0.15, 0.2) is 16.7 Å². The molecule has 1 aromatic heterocycles. The highest BCUT2D eigenvalue weighted by Gasteiger charge is 2.47. The third-order valence-electron chi connectivity index (χ3n) is 4.70. The Bertz CT molecular complexity index is 560. The number of carbonyl (C=O) groups is 1. The van der Waals surface area contributed by atoms with Crippen LogP contribution in [0.4, 0.5) is 4.79 Å². The topological polar surface area (TPSA) is 54.7 Å². The van der Waals surface area contributed by atoms with Crippen LogP contribution in [0.2, 0.25) is 0 Å². The van der Waals surface area contributed by atoms with E-state index < -0.39 is 5.60 Å². The van der Waals surface area contributed by atoms with E-state index >= 15 is 0 Å². The van der Waals surface area contributed by atoms with Gasteiger partial charge in [-0.15, -0.1) is 0 Å². The minimum Gasteiger partial charge on any atom is -0.469 e. The first-order chi connectivity index (χ1) is 10.3. The van der Waals surface area contributed by atoms with Crippen LogP contribution in [-0.4, -0.2) is 35.7 Å². The average Bonchev–Trinajstić information content (AvgIpc) is 3.06. The molecular weight excluding hydrogens is 280 g/mol. The Labute approximate surface area is 132 Å². The second-order valence-electron chi connectivity index (χ2n) is 7.47. The summed E-state index contributed by atoms with van der Waals surface area (Å²) in [4.78, 5) is 14.4. The number of nitrogens with one attached hydrogen (secondary N) is 1. The Kier molecular flexibility index (Phi) is 3.71. The van der Waals surface area contributed by atoms with Crippen LogP contribution < -0.4 is 5.32 Å². The molecule has 0 aromatic carbocycles. The van der Waals surface area contributed by atoms with Gasteiger partial charge in [0.15, 0.2) is 0 Å². The molecule has 0 bridgehead atoms. The largest absolute Gasteiger partial charge is 0.469 e. The summed E-state index contributed by atoms with van der Waals surface area (Å²) in [5.74, 6) is 1.04. The van der Waals surface area contributed by atoms with Crippen LogP contribution in [0.25, 0.3) is 0 Å². The van der Waals surface area contributed by atoms with Crippen molar-refractivity contribution in [3.8, 4) is 0 Å². The summed E-state index contributed by atoms with van der Waals surface area (Å²) in [6, 6.07) is 2.13. The summed E-state index contributed by atoms with van der Waals surface area (Å²) in [6.07, 6.45) is 4.43. The number of furan rings is 1. The van der Waals surface area contributed by atoms with Crippen LogP contribution >= 0.6 is 0 Å². The van der Waals surface area contributed by atoms with Gasteiger partial charge in [-0.1, -0.05) is 0 Å². The number of rotatable bonds is 1. The molecule has 0 spiro atoms. The lowest BCUT2D eigenvalue weighted by Gasteiger charge is -2.43. The smallest absolute Gasteiger partial charge is 0.410 e.